The van der Waals surface area contributed by atoms with Crippen molar-refractivity contribution in [2.75, 3.05) is 18.0 Å². The summed E-state index contributed by atoms with van der Waals surface area (Å²) in [5.41, 5.74) is 0.420. The smallest absolute Gasteiger partial charge is 0.146 e. The molecular weight excluding hydrogens is 222 g/mol. The first-order valence-electron chi connectivity index (χ1n) is 6.21. The average Bonchev–Trinajstić information content (AvgIpc) is 2.80. The fourth-order valence-electron chi connectivity index (χ4n) is 3.09. The van der Waals surface area contributed by atoms with Crippen LogP contribution in [0.2, 0.25) is 0 Å². The first kappa shape index (κ1) is 11.0. The van der Waals surface area contributed by atoms with Crippen LogP contribution in [0.25, 0.3) is 0 Å². The third kappa shape index (κ3) is 1.90. The quantitative estimate of drug-likeness (QED) is 0.807. The molecule has 1 aromatic carbocycles. The van der Waals surface area contributed by atoms with E-state index < -0.39 is 0 Å². The summed E-state index contributed by atoms with van der Waals surface area (Å²) in [7, 11) is 0. The van der Waals surface area contributed by atoms with Gasteiger partial charge < -0.3 is 10.2 Å². The fraction of sp³-hybridized carbons (Fsp3) is 0.538. The van der Waals surface area contributed by atoms with E-state index in [9.17, 15) is 8.78 Å². The number of piperazine rings is 1. The van der Waals surface area contributed by atoms with Crippen molar-refractivity contribution in [3.05, 3.63) is 29.8 Å². The zero-order valence-electron chi connectivity index (χ0n) is 9.63. The molecule has 2 atom stereocenters. The molecule has 3 rings (SSSR count). The summed E-state index contributed by atoms with van der Waals surface area (Å²) in [5, 5.41) is 3.46. The average molecular weight is 238 g/mol. The predicted molar refractivity (Wildman–Crippen MR) is 63.1 cm³/mol. The monoisotopic (exact) mass is 238 g/mol. The zero-order valence-corrected chi connectivity index (χ0v) is 9.63. The maximum absolute atomic E-state index is 13.8. The van der Waals surface area contributed by atoms with Gasteiger partial charge in [0.1, 0.15) is 11.6 Å². The highest BCUT2D eigenvalue weighted by molar-refractivity contribution is 5.50. The standard InChI is InChI=1S/C13H16F2N2/c14-9-4-5-10(15)13(8-9)17-7-6-16-11-2-1-3-12(11)17/h4-5,8,11-12,16H,1-3,6-7H2/t11-,12+/m1/s1. The Kier molecular flexibility index (Phi) is 2.74. The van der Waals surface area contributed by atoms with Crippen LogP contribution >= 0.6 is 0 Å². The van der Waals surface area contributed by atoms with Gasteiger partial charge in [-0.2, -0.15) is 0 Å². The molecule has 0 radical (unpaired) electrons. The molecule has 2 nitrogen and oxygen atoms in total. The number of hydrogen-bond acceptors (Lipinski definition) is 2. The van der Waals surface area contributed by atoms with Crippen molar-refractivity contribution < 1.29 is 8.78 Å². The summed E-state index contributed by atoms with van der Waals surface area (Å²) in [5.74, 6) is -0.687. The summed E-state index contributed by atoms with van der Waals surface area (Å²) in [6.07, 6.45) is 3.36. The largest absolute Gasteiger partial charge is 0.363 e. The van der Waals surface area contributed by atoms with Crippen molar-refractivity contribution >= 4 is 5.69 Å². The lowest BCUT2D eigenvalue weighted by molar-refractivity contribution is 0.399. The molecule has 92 valence electrons. The highest BCUT2D eigenvalue weighted by atomic mass is 19.1. The summed E-state index contributed by atoms with van der Waals surface area (Å²) < 4.78 is 27.0. The molecule has 1 heterocycles. The second kappa shape index (κ2) is 4.26. The summed E-state index contributed by atoms with van der Waals surface area (Å²) in [4.78, 5) is 2.03. The number of benzene rings is 1. The van der Waals surface area contributed by atoms with Gasteiger partial charge in [0.25, 0.3) is 0 Å². The van der Waals surface area contributed by atoms with E-state index in [1.807, 2.05) is 4.90 Å². The van der Waals surface area contributed by atoms with Gasteiger partial charge in [0, 0.05) is 31.2 Å². The first-order valence-corrected chi connectivity index (χ1v) is 6.21. The Balaban J connectivity index is 1.94. The molecule has 1 aromatic rings. The molecule has 2 fully saturated rings. The van der Waals surface area contributed by atoms with Gasteiger partial charge in [-0.1, -0.05) is 0 Å². The highest BCUT2D eigenvalue weighted by Crippen LogP contribution is 2.32. The number of halogens is 2. The van der Waals surface area contributed by atoms with Gasteiger partial charge in [-0.05, 0) is 31.4 Å². The van der Waals surface area contributed by atoms with Gasteiger partial charge in [-0.3, -0.25) is 0 Å². The summed E-state index contributed by atoms with van der Waals surface area (Å²) >= 11 is 0. The van der Waals surface area contributed by atoms with Crippen LogP contribution in [-0.4, -0.2) is 25.2 Å². The van der Waals surface area contributed by atoms with E-state index in [1.54, 1.807) is 0 Å². The van der Waals surface area contributed by atoms with Crippen molar-refractivity contribution in [1.82, 2.24) is 5.32 Å². The van der Waals surface area contributed by atoms with Crippen LogP contribution in [0.1, 0.15) is 19.3 Å². The third-order valence-corrected chi connectivity index (χ3v) is 3.86. The zero-order chi connectivity index (χ0) is 11.8. The Morgan fingerprint density at radius 1 is 1.24 bits per heavy atom. The number of nitrogens with zero attached hydrogens (tertiary/aromatic N) is 1. The number of hydrogen-bond donors (Lipinski definition) is 1. The molecular formula is C13H16F2N2. The van der Waals surface area contributed by atoms with Crippen LogP contribution in [0.15, 0.2) is 18.2 Å². The highest BCUT2D eigenvalue weighted by Gasteiger charge is 2.35. The van der Waals surface area contributed by atoms with E-state index >= 15 is 0 Å². The lowest BCUT2D eigenvalue weighted by atomic mass is 10.1. The minimum atomic E-state index is -0.366. The maximum Gasteiger partial charge on any atom is 0.146 e. The topological polar surface area (TPSA) is 15.3 Å². The van der Waals surface area contributed by atoms with E-state index in [4.69, 9.17) is 0 Å². The van der Waals surface area contributed by atoms with Gasteiger partial charge in [0.05, 0.1) is 5.69 Å². The summed E-state index contributed by atoms with van der Waals surface area (Å²) in [6.45, 7) is 1.60. The minimum absolute atomic E-state index is 0.319. The van der Waals surface area contributed by atoms with E-state index in [2.05, 4.69) is 5.32 Å². The van der Waals surface area contributed by atoms with Crippen molar-refractivity contribution in [2.45, 2.75) is 31.3 Å². The van der Waals surface area contributed by atoms with Gasteiger partial charge in [0.2, 0.25) is 0 Å². The minimum Gasteiger partial charge on any atom is -0.363 e. The van der Waals surface area contributed by atoms with Crippen molar-refractivity contribution in [2.24, 2.45) is 0 Å². The molecule has 0 bridgehead atoms. The lowest BCUT2D eigenvalue weighted by Crippen LogP contribution is -2.55. The molecule has 1 saturated heterocycles. The number of anilines is 1. The maximum atomic E-state index is 13.8. The van der Waals surface area contributed by atoms with Gasteiger partial charge in [-0.25, -0.2) is 8.78 Å². The predicted octanol–water partition coefficient (Wildman–Crippen LogP) is 2.30. The molecule has 2 aliphatic rings. The molecule has 1 N–H and O–H groups in total. The SMILES string of the molecule is Fc1ccc(F)c(N2CCN[C@@H]3CCC[C@@H]32)c1. The molecule has 4 heteroatoms. The second-order valence-corrected chi connectivity index (χ2v) is 4.85. The van der Waals surface area contributed by atoms with Crippen molar-refractivity contribution in [3.8, 4) is 0 Å². The molecule has 17 heavy (non-hydrogen) atoms. The molecule has 0 spiro atoms. The summed E-state index contributed by atoms with van der Waals surface area (Å²) in [6, 6.07) is 4.46. The Morgan fingerprint density at radius 3 is 3.00 bits per heavy atom. The Bertz CT molecular complexity index is 422. The van der Waals surface area contributed by atoms with Crippen LogP contribution in [0.3, 0.4) is 0 Å². The van der Waals surface area contributed by atoms with Gasteiger partial charge in [-0.15, -0.1) is 0 Å². The molecule has 0 amide bonds. The molecule has 1 saturated carbocycles. The van der Waals surface area contributed by atoms with E-state index in [0.29, 0.717) is 17.8 Å². The Hall–Kier alpha value is -1.16. The number of fused-ring (bicyclic) bond motifs is 1. The van der Waals surface area contributed by atoms with Crippen LogP contribution in [0.4, 0.5) is 14.5 Å². The first-order chi connectivity index (χ1) is 8.25. The van der Waals surface area contributed by atoms with E-state index in [-0.39, 0.29) is 11.6 Å². The van der Waals surface area contributed by atoms with Crippen LogP contribution in [-0.2, 0) is 0 Å². The normalized spacial score (nSPS) is 28.2. The van der Waals surface area contributed by atoms with Crippen LogP contribution in [0.5, 0.6) is 0 Å². The second-order valence-electron chi connectivity index (χ2n) is 4.85. The molecule has 0 aromatic heterocycles. The fourth-order valence-corrected chi connectivity index (χ4v) is 3.09. The van der Waals surface area contributed by atoms with Crippen LogP contribution < -0.4 is 10.2 Å². The molecule has 1 aliphatic carbocycles. The Labute approximate surface area is 99.6 Å². The Morgan fingerprint density at radius 2 is 2.12 bits per heavy atom. The molecule has 1 aliphatic heterocycles. The van der Waals surface area contributed by atoms with Gasteiger partial charge in [0.15, 0.2) is 0 Å². The number of nitrogens with one attached hydrogen (secondary N) is 1. The van der Waals surface area contributed by atoms with Crippen molar-refractivity contribution in [3.63, 3.8) is 0 Å². The van der Waals surface area contributed by atoms with Crippen LogP contribution in [0, 0.1) is 11.6 Å². The lowest BCUT2D eigenvalue weighted by Gasteiger charge is -2.40. The third-order valence-electron chi connectivity index (χ3n) is 3.86. The molecule has 0 unspecified atom stereocenters. The number of rotatable bonds is 1. The van der Waals surface area contributed by atoms with Gasteiger partial charge >= 0.3 is 0 Å². The van der Waals surface area contributed by atoms with E-state index in [0.717, 1.165) is 32.4 Å². The van der Waals surface area contributed by atoms with Crippen molar-refractivity contribution in [1.29, 1.82) is 0 Å². The van der Waals surface area contributed by atoms with E-state index in [1.165, 1.54) is 18.2 Å².